The number of hydrogen-bond acceptors (Lipinski definition) is 5. The number of anilines is 1. The zero-order chi connectivity index (χ0) is 24.8. The SMILES string of the molecule is CCOC(=O)c1cccc2c1N(C(C)=O)C(c1ccc(Cl)cc1Cl)C1C(=O)CC(C)(C)CC1=N2. The van der Waals surface area contributed by atoms with Gasteiger partial charge in [0.15, 0.2) is 0 Å². The lowest BCUT2D eigenvalue weighted by Crippen LogP contribution is -2.47. The third-order valence-corrected chi connectivity index (χ3v) is 6.81. The van der Waals surface area contributed by atoms with E-state index in [0.29, 0.717) is 45.5 Å². The second kappa shape index (κ2) is 9.16. The third-order valence-electron chi connectivity index (χ3n) is 6.25. The van der Waals surface area contributed by atoms with Crippen LogP contribution in [0, 0.1) is 11.3 Å². The molecule has 0 bridgehead atoms. The molecule has 0 aromatic heterocycles. The van der Waals surface area contributed by atoms with Crippen LogP contribution in [0.2, 0.25) is 10.0 Å². The molecule has 2 atom stereocenters. The van der Waals surface area contributed by atoms with Crippen molar-refractivity contribution in [2.75, 3.05) is 11.5 Å². The highest BCUT2D eigenvalue weighted by Crippen LogP contribution is 2.50. The molecule has 34 heavy (non-hydrogen) atoms. The number of ether oxygens (including phenoxy) is 1. The van der Waals surface area contributed by atoms with Crippen LogP contribution < -0.4 is 4.90 Å². The minimum absolute atomic E-state index is 0.0252. The van der Waals surface area contributed by atoms with Gasteiger partial charge in [0.1, 0.15) is 5.78 Å². The van der Waals surface area contributed by atoms with E-state index in [4.69, 9.17) is 32.9 Å². The number of hydrogen-bond donors (Lipinski definition) is 0. The van der Waals surface area contributed by atoms with Crippen LogP contribution in [0.5, 0.6) is 0 Å². The molecule has 178 valence electrons. The van der Waals surface area contributed by atoms with Crippen molar-refractivity contribution in [3.8, 4) is 0 Å². The molecule has 0 radical (unpaired) electrons. The number of nitrogens with zero attached hydrogens (tertiary/aromatic N) is 2. The Morgan fingerprint density at radius 1 is 1.18 bits per heavy atom. The topological polar surface area (TPSA) is 76.0 Å². The van der Waals surface area contributed by atoms with Gasteiger partial charge >= 0.3 is 5.97 Å². The molecule has 1 heterocycles. The molecule has 2 unspecified atom stereocenters. The van der Waals surface area contributed by atoms with E-state index in [0.717, 1.165) is 0 Å². The normalized spacial score (nSPS) is 21.2. The summed E-state index contributed by atoms with van der Waals surface area (Å²) in [5.74, 6) is -1.65. The lowest BCUT2D eigenvalue weighted by atomic mass is 9.68. The van der Waals surface area contributed by atoms with Gasteiger partial charge in [0.05, 0.1) is 35.5 Å². The Kier molecular flexibility index (Phi) is 6.58. The van der Waals surface area contributed by atoms with Gasteiger partial charge in [-0.25, -0.2) is 4.79 Å². The van der Waals surface area contributed by atoms with Gasteiger partial charge in [-0.2, -0.15) is 0 Å². The first-order chi connectivity index (χ1) is 16.0. The lowest BCUT2D eigenvalue weighted by molar-refractivity contribution is -0.124. The molecular weight excluding hydrogens is 475 g/mol. The summed E-state index contributed by atoms with van der Waals surface area (Å²) < 4.78 is 5.28. The number of carbonyl (C=O) groups excluding carboxylic acids is 3. The second-order valence-corrected chi connectivity index (χ2v) is 10.3. The Labute approximate surface area is 208 Å². The van der Waals surface area contributed by atoms with E-state index in [-0.39, 0.29) is 29.3 Å². The molecule has 0 saturated heterocycles. The molecule has 1 amide bonds. The van der Waals surface area contributed by atoms with E-state index in [1.165, 1.54) is 11.8 Å². The van der Waals surface area contributed by atoms with Gasteiger partial charge in [0.25, 0.3) is 0 Å². The fourth-order valence-corrected chi connectivity index (χ4v) is 5.52. The van der Waals surface area contributed by atoms with Crippen molar-refractivity contribution in [1.82, 2.24) is 0 Å². The minimum Gasteiger partial charge on any atom is -0.462 e. The molecule has 8 heteroatoms. The van der Waals surface area contributed by atoms with Gasteiger partial charge in [-0.15, -0.1) is 0 Å². The van der Waals surface area contributed by atoms with E-state index in [2.05, 4.69) is 0 Å². The summed E-state index contributed by atoms with van der Waals surface area (Å²) in [6.45, 7) is 7.35. The van der Waals surface area contributed by atoms with Crippen molar-refractivity contribution in [2.24, 2.45) is 16.3 Å². The van der Waals surface area contributed by atoms with E-state index in [9.17, 15) is 14.4 Å². The molecule has 2 aromatic rings. The predicted octanol–water partition coefficient (Wildman–Crippen LogP) is 6.36. The Hall–Kier alpha value is -2.70. The number of para-hydroxylation sites is 1. The smallest absolute Gasteiger partial charge is 0.340 e. The highest BCUT2D eigenvalue weighted by molar-refractivity contribution is 6.35. The van der Waals surface area contributed by atoms with E-state index >= 15 is 0 Å². The van der Waals surface area contributed by atoms with E-state index < -0.39 is 17.9 Å². The molecule has 2 aliphatic rings. The summed E-state index contributed by atoms with van der Waals surface area (Å²) in [6.07, 6.45) is 0.908. The first kappa shape index (κ1) is 24.4. The number of esters is 1. The van der Waals surface area contributed by atoms with Crippen LogP contribution in [0.3, 0.4) is 0 Å². The maximum Gasteiger partial charge on any atom is 0.340 e. The van der Waals surface area contributed by atoms with Crippen molar-refractivity contribution < 1.29 is 19.1 Å². The molecule has 0 spiro atoms. The number of carbonyl (C=O) groups is 3. The summed E-state index contributed by atoms with van der Waals surface area (Å²) in [7, 11) is 0. The van der Waals surface area contributed by atoms with Crippen LogP contribution in [-0.4, -0.2) is 30.0 Å². The largest absolute Gasteiger partial charge is 0.462 e. The van der Waals surface area contributed by atoms with Crippen LogP contribution in [0.4, 0.5) is 11.4 Å². The Morgan fingerprint density at radius 2 is 1.91 bits per heavy atom. The second-order valence-electron chi connectivity index (χ2n) is 9.46. The Balaban J connectivity index is 2.06. The summed E-state index contributed by atoms with van der Waals surface area (Å²) in [4.78, 5) is 46.2. The highest BCUT2D eigenvalue weighted by atomic mass is 35.5. The summed E-state index contributed by atoms with van der Waals surface area (Å²) in [5, 5.41) is 0.771. The maximum atomic E-state index is 13.6. The molecule has 1 aliphatic heterocycles. The maximum absolute atomic E-state index is 13.6. The number of halogens is 2. The Morgan fingerprint density at radius 3 is 2.56 bits per heavy atom. The lowest BCUT2D eigenvalue weighted by Gasteiger charge is -2.41. The molecule has 1 aliphatic carbocycles. The summed E-state index contributed by atoms with van der Waals surface area (Å²) in [5.41, 5.74) is 1.92. The van der Waals surface area contributed by atoms with Gasteiger partial charge in [0.2, 0.25) is 5.91 Å². The highest BCUT2D eigenvalue weighted by Gasteiger charge is 2.48. The van der Waals surface area contributed by atoms with Crippen molar-refractivity contribution in [1.29, 1.82) is 0 Å². The number of Topliss-reactive ketones (excluding diaryl/α,β-unsaturated/α-hetero) is 1. The zero-order valence-corrected chi connectivity index (χ0v) is 21.0. The van der Waals surface area contributed by atoms with Gasteiger partial charge in [-0.3, -0.25) is 14.6 Å². The third kappa shape index (κ3) is 4.37. The number of aliphatic imine (C=N–C) groups is 1. The standard InChI is InChI=1S/C26H26Cl2N2O4/c1-5-34-25(33)17-7-6-8-19-23(17)30(14(2)31)24(16-10-9-15(27)11-18(16)28)22-20(29-19)12-26(3,4)13-21(22)32/h6-11,22,24H,5,12-13H2,1-4H3. The van der Waals surface area contributed by atoms with Crippen molar-refractivity contribution in [3.05, 3.63) is 57.6 Å². The Bertz CT molecular complexity index is 1220. The summed E-state index contributed by atoms with van der Waals surface area (Å²) >= 11 is 12.8. The predicted molar refractivity (Wildman–Crippen MR) is 133 cm³/mol. The van der Waals surface area contributed by atoms with E-state index in [1.807, 2.05) is 13.8 Å². The van der Waals surface area contributed by atoms with Crippen LogP contribution in [-0.2, 0) is 14.3 Å². The van der Waals surface area contributed by atoms with Crippen molar-refractivity contribution in [3.63, 3.8) is 0 Å². The van der Waals surface area contributed by atoms with Gasteiger partial charge in [-0.1, -0.05) is 49.2 Å². The number of ketones is 1. The van der Waals surface area contributed by atoms with Gasteiger partial charge < -0.3 is 9.64 Å². The van der Waals surface area contributed by atoms with Gasteiger partial charge in [-0.05, 0) is 48.6 Å². The van der Waals surface area contributed by atoms with Crippen LogP contribution in [0.15, 0.2) is 41.4 Å². The average molecular weight is 501 g/mol. The van der Waals surface area contributed by atoms with E-state index in [1.54, 1.807) is 43.3 Å². The number of benzene rings is 2. The molecule has 1 fully saturated rings. The number of fused-ring (bicyclic) bond motifs is 2. The molecule has 6 nitrogen and oxygen atoms in total. The van der Waals surface area contributed by atoms with Crippen LogP contribution in [0.25, 0.3) is 0 Å². The molecular formula is C26H26Cl2N2O4. The van der Waals surface area contributed by atoms with Crippen LogP contribution >= 0.6 is 23.2 Å². The van der Waals surface area contributed by atoms with Crippen molar-refractivity contribution >= 4 is 57.9 Å². The monoisotopic (exact) mass is 500 g/mol. The minimum atomic E-state index is -0.790. The average Bonchev–Trinajstić information content (AvgIpc) is 2.87. The van der Waals surface area contributed by atoms with Gasteiger partial charge in [0, 0.05) is 29.1 Å². The zero-order valence-electron chi connectivity index (χ0n) is 19.5. The summed E-state index contributed by atoms with van der Waals surface area (Å²) in [6, 6.07) is 9.26. The molecule has 4 rings (SSSR count). The first-order valence-electron chi connectivity index (χ1n) is 11.2. The van der Waals surface area contributed by atoms with Crippen molar-refractivity contribution in [2.45, 2.75) is 46.6 Å². The van der Waals surface area contributed by atoms with Crippen LogP contribution in [0.1, 0.15) is 62.5 Å². The quantitative estimate of drug-likeness (QED) is 0.459. The molecule has 1 saturated carbocycles. The number of amides is 1. The number of rotatable bonds is 3. The molecule has 0 N–H and O–H groups in total. The fourth-order valence-electron chi connectivity index (χ4n) is 5.00. The first-order valence-corrected chi connectivity index (χ1v) is 11.9. The fraction of sp³-hybridized carbons (Fsp3) is 0.385. The molecule has 2 aromatic carbocycles.